The maximum absolute atomic E-state index is 12.6. The van der Waals surface area contributed by atoms with Gasteiger partial charge in [-0.05, 0) is 12.8 Å². The summed E-state index contributed by atoms with van der Waals surface area (Å²) in [5.74, 6) is -2.48. The van der Waals surface area contributed by atoms with E-state index in [9.17, 15) is 27.9 Å². The number of alkyl halides is 3. The number of anilines is 1. The van der Waals surface area contributed by atoms with Crippen molar-refractivity contribution < 1.29 is 37.3 Å². The van der Waals surface area contributed by atoms with Crippen molar-refractivity contribution >= 4 is 17.7 Å². The van der Waals surface area contributed by atoms with E-state index >= 15 is 0 Å². The third kappa shape index (κ3) is 5.68. The van der Waals surface area contributed by atoms with Crippen LogP contribution in [-0.4, -0.2) is 71.6 Å². The van der Waals surface area contributed by atoms with Crippen molar-refractivity contribution in [2.24, 2.45) is 0 Å². The number of halogens is 3. The number of amides is 1. The van der Waals surface area contributed by atoms with Crippen LogP contribution in [0.2, 0.25) is 0 Å². The molecule has 0 aromatic carbocycles. The van der Waals surface area contributed by atoms with Gasteiger partial charge in [-0.1, -0.05) is 13.8 Å². The first-order valence-electron chi connectivity index (χ1n) is 9.07. The van der Waals surface area contributed by atoms with Crippen molar-refractivity contribution in [1.29, 1.82) is 0 Å². The first kappa shape index (κ1) is 22.7. The molecular formula is C17H23F3N4O5. The van der Waals surface area contributed by atoms with Gasteiger partial charge in [0.25, 0.3) is 11.8 Å². The predicted molar refractivity (Wildman–Crippen MR) is 95.0 cm³/mol. The third-order valence-corrected chi connectivity index (χ3v) is 4.61. The number of aromatic nitrogens is 2. The maximum Gasteiger partial charge on any atom is 0.422 e. The van der Waals surface area contributed by atoms with E-state index in [2.05, 4.69) is 15.3 Å². The van der Waals surface area contributed by atoms with E-state index in [1.54, 1.807) is 18.7 Å². The molecule has 1 amide bonds. The molecule has 29 heavy (non-hydrogen) atoms. The lowest BCUT2D eigenvalue weighted by molar-refractivity contribution is -0.154. The van der Waals surface area contributed by atoms with Crippen LogP contribution in [0.4, 0.5) is 19.0 Å². The molecule has 1 aliphatic rings. The number of carboxylic acids is 1. The highest BCUT2D eigenvalue weighted by Crippen LogP contribution is 2.27. The number of nitrogens with zero attached hydrogens (tertiary/aromatic N) is 3. The fraction of sp³-hybridized carbons (Fsp3) is 0.647. The second kappa shape index (κ2) is 9.25. The zero-order chi connectivity index (χ0) is 21.7. The Morgan fingerprint density at radius 3 is 2.41 bits per heavy atom. The minimum Gasteiger partial charge on any atom is -0.480 e. The van der Waals surface area contributed by atoms with Gasteiger partial charge in [0.2, 0.25) is 0 Å². The van der Waals surface area contributed by atoms with Crippen molar-refractivity contribution in [2.75, 3.05) is 37.8 Å². The number of rotatable bonds is 8. The molecule has 0 radical (unpaired) electrons. The highest BCUT2D eigenvalue weighted by molar-refractivity contribution is 5.96. The zero-order valence-corrected chi connectivity index (χ0v) is 16.1. The molecule has 0 unspecified atom stereocenters. The standard InChI is InChI=1S/C17H23F3N4O5/c1-3-16(4-2,15(26)27)23-13(25)11-9-21-12(24-5-7-28-8-6-24)14(22-11)29-10-17(18,19)20/h9H,3-8,10H2,1-2H3,(H,23,25)(H,26,27). The molecule has 1 saturated heterocycles. The summed E-state index contributed by atoms with van der Waals surface area (Å²) in [5.41, 5.74) is -1.86. The second-order valence-electron chi connectivity index (χ2n) is 6.44. The summed E-state index contributed by atoms with van der Waals surface area (Å²) in [6.07, 6.45) is -3.30. The molecule has 1 aromatic heterocycles. The summed E-state index contributed by atoms with van der Waals surface area (Å²) in [4.78, 5) is 33.7. The fourth-order valence-corrected chi connectivity index (χ4v) is 2.78. The van der Waals surface area contributed by atoms with Crippen molar-refractivity contribution in [2.45, 2.75) is 38.4 Å². The smallest absolute Gasteiger partial charge is 0.422 e. The van der Waals surface area contributed by atoms with Gasteiger partial charge in [0.1, 0.15) is 5.54 Å². The fourth-order valence-electron chi connectivity index (χ4n) is 2.78. The van der Waals surface area contributed by atoms with Crippen molar-refractivity contribution in [3.63, 3.8) is 0 Å². The number of hydrogen-bond acceptors (Lipinski definition) is 7. The van der Waals surface area contributed by atoms with E-state index in [1.165, 1.54) is 0 Å². The van der Waals surface area contributed by atoms with Crippen molar-refractivity contribution in [3.8, 4) is 5.88 Å². The summed E-state index contributed by atoms with van der Waals surface area (Å²) in [6, 6.07) is 0. The van der Waals surface area contributed by atoms with Crippen LogP contribution in [0.1, 0.15) is 37.2 Å². The van der Waals surface area contributed by atoms with Gasteiger partial charge in [0.15, 0.2) is 18.1 Å². The first-order valence-corrected chi connectivity index (χ1v) is 9.07. The van der Waals surface area contributed by atoms with E-state index in [0.717, 1.165) is 6.20 Å². The number of carboxylic acid groups (broad SMARTS) is 1. The molecule has 0 aliphatic carbocycles. The topological polar surface area (TPSA) is 114 Å². The number of carbonyl (C=O) groups is 2. The number of morpholine rings is 1. The van der Waals surface area contributed by atoms with E-state index in [-0.39, 0.29) is 24.4 Å². The highest BCUT2D eigenvalue weighted by atomic mass is 19.4. The highest BCUT2D eigenvalue weighted by Gasteiger charge is 2.37. The van der Waals surface area contributed by atoms with Gasteiger partial charge in [0, 0.05) is 13.1 Å². The molecule has 1 fully saturated rings. The molecular weight excluding hydrogens is 397 g/mol. The summed E-state index contributed by atoms with van der Waals surface area (Å²) < 4.78 is 47.9. The average molecular weight is 420 g/mol. The van der Waals surface area contributed by atoms with E-state index < -0.39 is 36.1 Å². The summed E-state index contributed by atoms with van der Waals surface area (Å²) in [6.45, 7) is 3.05. The van der Waals surface area contributed by atoms with Gasteiger partial charge in [0.05, 0.1) is 19.4 Å². The van der Waals surface area contributed by atoms with Crippen molar-refractivity contribution in [1.82, 2.24) is 15.3 Å². The number of carbonyl (C=O) groups excluding carboxylic acids is 1. The van der Waals surface area contributed by atoms with Gasteiger partial charge in [-0.15, -0.1) is 0 Å². The minimum atomic E-state index is -4.61. The second-order valence-corrected chi connectivity index (χ2v) is 6.44. The molecule has 2 rings (SSSR count). The lowest BCUT2D eigenvalue weighted by atomic mass is 9.93. The molecule has 2 heterocycles. The molecule has 2 N–H and O–H groups in total. The Morgan fingerprint density at radius 1 is 1.28 bits per heavy atom. The van der Waals surface area contributed by atoms with Gasteiger partial charge < -0.3 is 24.8 Å². The summed E-state index contributed by atoms with van der Waals surface area (Å²) >= 11 is 0. The quantitative estimate of drug-likeness (QED) is 0.652. The maximum atomic E-state index is 12.6. The molecule has 12 heteroatoms. The minimum absolute atomic E-state index is 0.0598. The molecule has 0 atom stereocenters. The van der Waals surface area contributed by atoms with Crippen LogP contribution in [-0.2, 0) is 9.53 Å². The van der Waals surface area contributed by atoms with Crippen molar-refractivity contribution in [3.05, 3.63) is 11.9 Å². The van der Waals surface area contributed by atoms with E-state index in [0.29, 0.717) is 26.3 Å². The molecule has 9 nitrogen and oxygen atoms in total. The van der Waals surface area contributed by atoms with Crippen LogP contribution < -0.4 is 15.0 Å². The molecule has 1 aromatic rings. The van der Waals surface area contributed by atoms with Crippen LogP contribution >= 0.6 is 0 Å². The number of aliphatic carboxylic acids is 1. The average Bonchev–Trinajstić information content (AvgIpc) is 2.70. The molecule has 0 spiro atoms. The predicted octanol–water partition coefficient (Wildman–Crippen LogP) is 1.63. The number of nitrogens with one attached hydrogen (secondary N) is 1. The molecule has 0 saturated carbocycles. The Labute approximate surface area is 165 Å². The number of ether oxygens (including phenoxy) is 2. The van der Waals surface area contributed by atoms with E-state index in [4.69, 9.17) is 9.47 Å². The SMILES string of the molecule is CCC(CC)(NC(=O)c1cnc(N2CCOCC2)c(OCC(F)(F)F)n1)C(=O)O. The van der Waals surface area contributed by atoms with Crippen LogP contribution in [0.15, 0.2) is 6.20 Å². The van der Waals surface area contributed by atoms with Crippen LogP contribution in [0.3, 0.4) is 0 Å². The lowest BCUT2D eigenvalue weighted by Crippen LogP contribution is -2.53. The first-order chi connectivity index (χ1) is 13.6. The number of hydrogen-bond donors (Lipinski definition) is 2. The van der Waals surface area contributed by atoms with Gasteiger partial charge in [-0.3, -0.25) is 4.79 Å². The van der Waals surface area contributed by atoms with E-state index in [1.807, 2.05) is 0 Å². The Balaban J connectivity index is 2.32. The third-order valence-electron chi connectivity index (χ3n) is 4.61. The Morgan fingerprint density at radius 2 is 1.90 bits per heavy atom. The van der Waals surface area contributed by atoms with Gasteiger partial charge >= 0.3 is 12.1 Å². The molecule has 0 bridgehead atoms. The zero-order valence-electron chi connectivity index (χ0n) is 16.1. The van der Waals surface area contributed by atoms with Gasteiger partial charge in [-0.2, -0.15) is 13.2 Å². The molecule has 1 aliphatic heterocycles. The van der Waals surface area contributed by atoms with Gasteiger partial charge in [-0.25, -0.2) is 14.8 Å². The van der Waals surface area contributed by atoms with Crippen LogP contribution in [0.25, 0.3) is 0 Å². The van der Waals surface area contributed by atoms with Crippen LogP contribution in [0.5, 0.6) is 5.88 Å². The monoisotopic (exact) mass is 420 g/mol. The molecule has 162 valence electrons. The van der Waals surface area contributed by atoms with Crippen LogP contribution in [0, 0.1) is 0 Å². The summed E-state index contributed by atoms with van der Waals surface area (Å²) in [5, 5.41) is 11.8. The summed E-state index contributed by atoms with van der Waals surface area (Å²) in [7, 11) is 0. The lowest BCUT2D eigenvalue weighted by Gasteiger charge is -2.29. The Kier molecular flexibility index (Phi) is 7.22. The largest absolute Gasteiger partial charge is 0.480 e. The Bertz CT molecular complexity index is 734. The normalized spacial score (nSPS) is 15.1. The Hall–Kier alpha value is -2.63.